The van der Waals surface area contributed by atoms with Crippen molar-refractivity contribution in [2.24, 2.45) is 5.92 Å². The SMILES string of the molecule is CCOC(=O)C1C[C@]12Cc1ccc(OCc3ccccc3)cc12. The molecule has 1 unspecified atom stereocenters. The fraction of sp³-hybridized carbons (Fsp3) is 0.350. The molecule has 1 saturated carbocycles. The molecule has 2 aromatic rings. The van der Waals surface area contributed by atoms with Crippen LogP contribution in [0.3, 0.4) is 0 Å². The molecule has 2 aliphatic carbocycles. The van der Waals surface area contributed by atoms with Gasteiger partial charge in [0.15, 0.2) is 0 Å². The molecule has 118 valence electrons. The summed E-state index contributed by atoms with van der Waals surface area (Å²) in [6, 6.07) is 16.4. The lowest BCUT2D eigenvalue weighted by Crippen LogP contribution is -2.29. The summed E-state index contributed by atoms with van der Waals surface area (Å²) in [5, 5.41) is 0. The highest BCUT2D eigenvalue weighted by atomic mass is 16.5. The summed E-state index contributed by atoms with van der Waals surface area (Å²) in [6.45, 7) is 2.88. The van der Waals surface area contributed by atoms with Crippen molar-refractivity contribution in [1.82, 2.24) is 0 Å². The van der Waals surface area contributed by atoms with E-state index in [0.717, 1.165) is 24.2 Å². The lowest BCUT2D eigenvalue weighted by Gasteiger charge is -2.32. The Bertz CT molecular complexity index is 738. The van der Waals surface area contributed by atoms with Gasteiger partial charge in [-0.25, -0.2) is 0 Å². The molecule has 0 radical (unpaired) electrons. The minimum atomic E-state index is -0.0474. The molecule has 2 atom stereocenters. The van der Waals surface area contributed by atoms with E-state index in [1.165, 1.54) is 11.1 Å². The fourth-order valence-electron chi connectivity index (χ4n) is 3.68. The zero-order valence-corrected chi connectivity index (χ0v) is 13.2. The van der Waals surface area contributed by atoms with E-state index in [2.05, 4.69) is 24.3 Å². The predicted octanol–water partition coefficient (Wildman–Crippen LogP) is 3.64. The molecule has 0 heterocycles. The van der Waals surface area contributed by atoms with Gasteiger partial charge in [-0.1, -0.05) is 36.4 Å². The molecule has 3 nitrogen and oxygen atoms in total. The third-order valence-electron chi connectivity index (χ3n) is 5.02. The molecular weight excluding hydrogens is 288 g/mol. The molecule has 0 N–H and O–H groups in total. The maximum atomic E-state index is 12.0. The maximum Gasteiger partial charge on any atom is 0.309 e. The van der Waals surface area contributed by atoms with Gasteiger partial charge in [-0.05, 0) is 48.6 Å². The number of hydrogen-bond acceptors (Lipinski definition) is 3. The Labute approximate surface area is 136 Å². The van der Waals surface area contributed by atoms with Crippen LogP contribution in [0.15, 0.2) is 48.5 Å². The van der Waals surface area contributed by atoms with E-state index in [-0.39, 0.29) is 17.3 Å². The first kappa shape index (κ1) is 14.3. The van der Waals surface area contributed by atoms with E-state index in [9.17, 15) is 4.79 Å². The van der Waals surface area contributed by atoms with Crippen molar-refractivity contribution >= 4 is 5.97 Å². The molecule has 1 fully saturated rings. The van der Waals surface area contributed by atoms with Crippen LogP contribution in [0.5, 0.6) is 5.75 Å². The molecule has 0 saturated heterocycles. The van der Waals surface area contributed by atoms with Crippen LogP contribution in [0.2, 0.25) is 0 Å². The third-order valence-corrected chi connectivity index (χ3v) is 5.02. The number of carbonyl (C=O) groups excluding carboxylic acids is 1. The van der Waals surface area contributed by atoms with Gasteiger partial charge in [0.2, 0.25) is 0 Å². The average molecular weight is 308 g/mol. The Hall–Kier alpha value is -2.29. The topological polar surface area (TPSA) is 35.5 Å². The van der Waals surface area contributed by atoms with E-state index >= 15 is 0 Å². The van der Waals surface area contributed by atoms with Gasteiger partial charge in [-0.3, -0.25) is 4.79 Å². The lowest BCUT2D eigenvalue weighted by atomic mass is 9.73. The number of ether oxygens (including phenoxy) is 2. The van der Waals surface area contributed by atoms with E-state index in [1.54, 1.807) is 0 Å². The fourth-order valence-corrected chi connectivity index (χ4v) is 3.68. The van der Waals surface area contributed by atoms with Crippen molar-refractivity contribution in [2.45, 2.75) is 31.8 Å². The van der Waals surface area contributed by atoms with Crippen LogP contribution in [-0.2, 0) is 28.0 Å². The molecule has 2 aliphatic rings. The monoisotopic (exact) mass is 308 g/mol. The smallest absolute Gasteiger partial charge is 0.309 e. The molecule has 0 bridgehead atoms. The van der Waals surface area contributed by atoms with Gasteiger partial charge in [0.1, 0.15) is 12.4 Å². The molecule has 1 spiro atoms. The Kier molecular flexibility index (Phi) is 3.37. The summed E-state index contributed by atoms with van der Waals surface area (Å²) in [5.41, 5.74) is 3.80. The van der Waals surface area contributed by atoms with Gasteiger partial charge in [0, 0.05) is 5.41 Å². The largest absolute Gasteiger partial charge is 0.489 e. The summed E-state index contributed by atoms with van der Waals surface area (Å²) in [5.74, 6) is 0.870. The second-order valence-corrected chi connectivity index (χ2v) is 6.43. The molecule has 2 aromatic carbocycles. The Morgan fingerprint density at radius 1 is 1.22 bits per heavy atom. The number of rotatable bonds is 5. The van der Waals surface area contributed by atoms with Crippen molar-refractivity contribution in [1.29, 1.82) is 0 Å². The number of hydrogen-bond donors (Lipinski definition) is 0. The molecule has 4 rings (SSSR count). The van der Waals surface area contributed by atoms with E-state index in [4.69, 9.17) is 9.47 Å². The molecule has 0 amide bonds. The molecule has 0 aliphatic heterocycles. The van der Waals surface area contributed by atoms with E-state index in [0.29, 0.717) is 13.2 Å². The highest BCUT2D eigenvalue weighted by Gasteiger charge is 2.65. The van der Waals surface area contributed by atoms with Gasteiger partial charge in [0.05, 0.1) is 12.5 Å². The summed E-state index contributed by atoms with van der Waals surface area (Å²) in [4.78, 5) is 12.0. The molecule has 0 aromatic heterocycles. The van der Waals surface area contributed by atoms with Gasteiger partial charge >= 0.3 is 5.97 Å². The van der Waals surface area contributed by atoms with Crippen molar-refractivity contribution in [3.63, 3.8) is 0 Å². The van der Waals surface area contributed by atoms with Crippen LogP contribution in [0, 0.1) is 5.92 Å². The molecule has 23 heavy (non-hydrogen) atoms. The van der Waals surface area contributed by atoms with E-state index < -0.39 is 0 Å². The molecule has 3 heteroatoms. The van der Waals surface area contributed by atoms with Crippen LogP contribution < -0.4 is 4.74 Å². The van der Waals surface area contributed by atoms with Crippen LogP contribution >= 0.6 is 0 Å². The van der Waals surface area contributed by atoms with Crippen molar-refractivity contribution in [2.75, 3.05) is 6.61 Å². The Balaban J connectivity index is 1.46. The van der Waals surface area contributed by atoms with Crippen LogP contribution in [0.25, 0.3) is 0 Å². The second-order valence-electron chi connectivity index (χ2n) is 6.43. The number of fused-ring (bicyclic) bond motifs is 2. The van der Waals surface area contributed by atoms with Gasteiger partial charge in [0.25, 0.3) is 0 Å². The first-order valence-electron chi connectivity index (χ1n) is 8.20. The third kappa shape index (κ3) is 2.40. The van der Waals surface area contributed by atoms with E-state index in [1.807, 2.05) is 31.2 Å². The molecular formula is C20H20O3. The summed E-state index contributed by atoms with van der Waals surface area (Å²) < 4.78 is 11.1. The minimum absolute atomic E-state index is 0.0354. The zero-order chi connectivity index (χ0) is 15.9. The predicted molar refractivity (Wildman–Crippen MR) is 87.3 cm³/mol. The first-order valence-corrected chi connectivity index (χ1v) is 8.20. The zero-order valence-electron chi connectivity index (χ0n) is 13.2. The van der Waals surface area contributed by atoms with Crippen molar-refractivity contribution in [3.05, 3.63) is 65.2 Å². The lowest BCUT2D eigenvalue weighted by molar-refractivity contribution is -0.145. The highest BCUT2D eigenvalue weighted by molar-refractivity contribution is 5.81. The van der Waals surface area contributed by atoms with Gasteiger partial charge in [-0.15, -0.1) is 0 Å². The standard InChI is InChI=1S/C20H20O3/c1-2-22-19(21)18-12-20(18)11-15-8-9-16(10-17(15)20)23-13-14-6-4-3-5-7-14/h3-10,18H,2,11-13H2,1H3/t18?,20-/m0/s1. The second kappa shape index (κ2) is 5.41. The summed E-state index contributed by atoms with van der Waals surface area (Å²) in [6.07, 6.45) is 1.91. The minimum Gasteiger partial charge on any atom is -0.489 e. The first-order chi connectivity index (χ1) is 11.2. The average Bonchev–Trinajstić information content (AvgIpc) is 3.32. The van der Waals surface area contributed by atoms with Crippen molar-refractivity contribution < 1.29 is 14.3 Å². The Morgan fingerprint density at radius 2 is 2.04 bits per heavy atom. The highest BCUT2D eigenvalue weighted by Crippen LogP contribution is 2.64. The van der Waals surface area contributed by atoms with Crippen LogP contribution in [-0.4, -0.2) is 12.6 Å². The van der Waals surface area contributed by atoms with Gasteiger partial charge < -0.3 is 9.47 Å². The van der Waals surface area contributed by atoms with Crippen LogP contribution in [0.4, 0.5) is 0 Å². The van der Waals surface area contributed by atoms with Crippen LogP contribution in [0.1, 0.15) is 30.0 Å². The van der Waals surface area contributed by atoms with Crippen molar-refractivity contribution in [3.8, 4) is 5.75 Å². The normalized spacial score (nSPS) is 23.8. The number of benzene rings is 2. The quantitative estimate of drug-likeness (QED) is 0.791. The van der Waals surface area contributed by atoms with Gasteiger partial charge in [-0.2, -0.15) is 0 Å². The number of carbonyl (C=O) groups is 1. The summed E-state index contributed by atoms with van der Waals surface area (Å²) in [7, 11) is 0. The number of esters is 1. The summed E-state index contributed by atoms with van der Waals surface area (Å²) >= 11 is 0. The Morgan fingerprint density at radius 3 is 2.83 bits per heavy atom. The maximum absolute atomic E-state index is 12.0.